The van der Waals surface area contributed by atoms with Gasteiger partial charge in [-0.25, -0.2) is 13.1 Å². The van der Waals surface area contributed by atoms with Gasteiger partial charge >= 0.3 is 0 Å². The van der Waals surface area contributed by atoms with Crippen LogP contribution in [0.3, 0.4) is 0 Å². The van der Waals surface area contributed by atoms with Gasteiger partial charge in [0.05, 0.1) is 4.90 Å². The van der Waals surface area contributed by atoms with Crippen LogP contribution in [0.2, 0.25) is 0 Å². The first kappa shape index (κ1) is 20.6. The van der Waals surface area contributed by atoms with E-state index in [0.29, 0.717) is 24.4 Å². The SMILES string of the molecule is O=C(COc1ccccc1)Nc1ccc(S(=O)(=O)NCCc2ccccc2)cc1. The van der Waals surface area contributed by atoms with E-state index in [4.69, 9.17) is 4.74 Å². The summed E-state index contributed by atoms with van der Waals surface area (Å²) < 4.78 is 32.8. The Hall–Kier alpha value is -3.16. The molecule has 3 rings (SSSR count). The van der Waals surface area contributed by atoms with Gasteiger partial charge in [0.1, 0.15) is 5.75 Å². The van der Waals surface area contributed by atoms with Crippen LogP contribution < -0.4 is 14.8 Å². The van der Waals surface area contributed by atoms with E-state index in [1.807, 2.05) is 48.5 Å². The van der Waals surface area contributed by atoms with E-state index in [9.17, 15) is 13.2 Å². The van der Waals surface area contributed by atoms with E-state index >= 15 is 0 Å². The van der Waals surface area contributed by atoms with Gasteiger partial charge in [-0.05, 0) is 48.4 Å². The van der Waals surface area contributed by atoms with Crippen LogP contribution in [0.25, 0.3) is 0 Å². The molecule has 7 heteroatoms. The molecule has 6 nitrogen and oxygen atoms in total. The molecule has 0 atom stereocenters. The van der Waals surface area contributed by atoms with Crippen molar-refractivity contribution in [3.8, 4) is 5.75 Å². The van der Waals surface area contributed by atoms with Crippen LogP contribution in [-0.4, -0.2) is 27.5 Å². The molecule has 0 fully saturated rings. The summed E-state index contributed by atoms with van der Waals surface area (Å²) in [5, 5.41) is 2.68. The van der Waals surface area contributed by atoms with Gasteiger partial charge in [-0.1, -0.05) is 48.5 Å². The first-order chi connectivity index (χ1) is 14.0. The Morgan fingerprint density at radius 3 is 2.10 bits per heavy atom. The monoisotopic (exact) mass is 410 g/mol. The van der Waals surface area contributed by atoms with Crippen LogP contribution >= 0.6 is 0 Å². The topological polar surface area (TPSA) is 84.5 Å². The highest BCUT2D eigenvalue weighted by Crippen LogP contribution is 2.14. The number of carbonyl (C=O) groups is 1. The summed E-state index contributed by atoms with van der Waals surface area (Å²) in [5.74, 6) is 0.274. The quantitative estimate of drug-likeness (QED) is 0.567. The Balaban J connectivity index is 1.49. The molecule has 0 unspecified atom stereocenters. The molecule has 0 aromatic heterocycles. The molecule has 0 saturated carbocycles. The van der Waals surface area contributed by atoms with Crippen LogP contribution in [0.15, 0.2) is 89.8 Å². The summed E-state index contributed by atoms with van der Waals surface area (Å²) in [5.41, 5.74) is 1.56. The van der Waals surface area contributed by atoms with Gasteiger partial charge in [0.25, 0.3) is 5.91 Å². The minimum Gasteiger partial charge on any atom is -0.484 e. The lowest BCUT2D eigenvalue weighted by Crippen LogP contribution is -2.26. The van der Waals surface area contributed by atoms with E-state index < -0.39 is 10.0 Å². The summed E-state index contributed by atoms with van der Waals surface area (Å²) >= 11 is 0. The molecule has 2 N–H and O–H groups in total. The highest BCUT2D eigenvalue weighted by atomic mass is 32.2. The zero-order valence-corrected chi connectivity index (χ0v) is 16.6. The minimum absolute atomic E-state index is 0.134. The van der Waals surface area contributed by atoms with Gasteiger partial charge in [0, 0.05) is 12.2 Å². The van der Waals surface area contributed by atoms with Crippen LogP contribution in [0.4, 0.5) is 5.69 Å². The van der Waals surface area contributed by atoms with Crippen LogP contribution in [0.5, 0.6) is 5.75 Å². The van der Waals surface area contributed by atoms with Crippen molar-refractivity contribution in [1.29, 1.82) is 0 Å². The third-order valence-corrected chi connectivity index (χ3v) is 5.59. The smallest absolute Gasteiger partial charge is 0.262 e. The molecule has 0 aliphatic heterocycles. The predicted molar refractivity (Wildman–Crippen MR) is 112 cm³/mol. The van der Waals surface area contributed by atoms with Gasteiger partial charge in [-0.2, -0.15) is 0 Å². The van der Waals surface area contributed by atoms with Crippen molar-refractivity contribution in [1.82, 2.24) is 4.72 Å². The number of para-hydroxylation sites is 1. The van der Waals surface area contributed by atoms with Gasteiger partial charge < -0.3 is 10.1 Å². The maximum Gasteiger partial charge on any atom is 0.262 e. The molecule has 3 aromatic carbocycles. The fourth-order valence-corrected chi connectivity index (χ4v) is 3.67. The highest BCUT2D eigenvalue weighted by molar-refractivity contribution is 7.89. The van der Waals surface area contributed by atoms with E-state index in [2.05, 4.69) is 10.0 Å². The predicted octanol–water partition coefficient (Wildman–Crippen LogP) is 3.23. The maximum absolute atomic E-state index is 12.4. The van der Waals surface area contributed by atoms with E-state index in [1.165, 1.54) is 12.1 Å². The number of rotatable bonds is 9. The highest BCUT2D eigenvalue weighted by Gasteiger charge is 2.13. The van der Waals surface area contributed by atoms with Crippen molar-refractivity contribution in [2.24, 2.45) is 0 Å². The third kappa shape index (κ3) is 6.44. The van der Waals surface area contributed by atoms with E-state index in [-0.39, 0.29) is 17.4 Å². The number of ether oxygens (including phenoxy) is 1. The van der Waals surface area contributed by atoms with Gasteiger partial charge in [-0.3, -0.25) is 4.79 Å². The number of carbonyl (C=O) groups excluding carboxylic acids is 1. The normalized spacial score (nSPS) is 11.0. The van der Waals surface area contributed by atoms with Crippen molar-refractivity contribution < 1.29 is 17.9 Å². The van der Waals surface area contributed by atoms with Gasteiger partial charge in [-0.15, -0.1) is 0 Å². The second-order valence-corrected chi connectivity index (χ2v) is 8.07. The summed E-state index contributed by atoms with van der Waals surface area (Å²) in [6, 6.07) is 24.7. The Bertz CT molecular complexity index is 1020. The molecule has 29 heavy (non-hydrogen) atoms. The Morgan fingerprint density at radius 2 is 1.45 bits per heavy atom. The molecule has 150 valence electrons. The number of hydrogen-bond acceptors (Lipinski definition) is 4. The number of benzene rings is 3. The van der Waals surface area contributed by atoms with Crippen molar-refractivity contribution in [2.75, 3.05) is 18.5 Å². The second-order valence-electron chi connectivity index (χ2n) is 6.31. The molecule has 0 heterocycles. The average molecular weight is 410 g/mol. The average Bonchev–Trinajstić information content (AvgIpc) is 2.74. The molecule has 0 radical (unpaired) electrons. The number of sulfonamides is 1. The molecular formula is C22H22N2O4S. The first-order valence-electron chi connectivity index (χ1n) is 9.14. The molecule has 0 saturated heterocycles. The summed E-state index contributed by atoms with van der Waals surface area (Å²) in [6.45, 7) is 0.173. The fourth-order valence-electron chi connectivity index (χ4n) is 2.64. The zero-order chi connectivity index (χ0) is 20.5. The fraction of sp³-hybridized carbons (Fsp3) is 0.136. The van der Waals surface area contributed by atoms with Crippen LogP contribution in [0.1, 0.15) is 5.56 Å². The van der Waals surface area contributed by atoms with E-state index in [0.717, 1.165) is 5.56 Å². The molecule has 0 bridgehead atoms. The van der Waals surface area contributed by atoms with Crippen LogP contribution in [0, 0.1) is 0 Å². The molecular weight excluding hydrogens is 388 g/mol. The number of amides is 1. The number of nitrogens with one attached hydrogen (secondary N) is 2. The van der Waals surface area contributed by atoms with Crippen molar-refractivity contribution >= 4 is 21.6 Å². The molecule has 0 aliphatic carbocycles. The zero-order valence-electron chi connectivity index (χ0n) is 15.7. The molecule has 0 aliphatic rings. The Morgan fingerprint density at radius 1 is 0.828 bits per heavy atom. The standard InChI is InChI=1S/C22H22N2O4S/c25-22(17-28-20-9-5-2-6-10-20)24-19-11-13-21(14-12-19)29(26,27)23-16-15-18-7-3-1-4-8-18/h1-14,23H,15-17H2,(H,24,25). The summed E-state index contributed by atoms with van der Waals surface area (Å²) in [6.07, 6.45) is 0.607. The van der Waals surface area contributed by atoms with Crippen molar-refractivity contribution in [3.05, 3.63) is 90.5 Å². The number of hydrogen-bond donors (Lipinski definition) is 2. The first-order valence-corrected chi connectivity index (χ1v) is 10.6. The van der Waals surface area contributed by atoms with Crippen molar-refractivity contribution in [3.63, 3.8) is 0 Å². The Labute approximate surface area is 170 Å². The molecule has 3 aromatic rings. The van der Waals surface area contributed by atoms with Gasteiger partial charge in [0.2, 0.25) is 10.0 Å². The number of anilines is 1. The summed E-state index contributed by atoms with van der Waals surface area (Å²) in [7, 11) is -3.61. The minimum atomic E-state index is -3.61. The largest absolute Gasteiger partial charge is 0.484 e. The maximum atomic E-state index is 12.4. The lowest BCUT2D eigenvalue weighted by Gasteiger charge is -2.09. The molecule has 0 spiro atoms. The lowest BCUT2D eigenvalue weighted by atomic mass is 10.2. The summed E-state index contributed by atoms with van der Waals surface area (Å²) in [4.78, 5) is 12.1. The molecule has 1 amide bonds. The van der Waals surface area contributed by atoms with Crippen molar-refractivity contribution in [2.45, 2.75) is 11.3 Å². The van der Waals surface area contributed by atoms with Gasteiger partial charge in [0.15, 0.2) is 6.61 Å². The second kappa shape index (κ2) is 9.86. The van der Waals surface area contributed by atoms with Crippen LogP contribution in [-0.2, 0) is 21.2 Å². The lowest BCUT2D eigenvalue weighted by molar-refractivity contribution is -0.118. The van der Waals surface area contributed by atoms with E-state index in [1.54, 1.807) is 24.3 Å². The third-order valence-electron chi connectivity index (χ3n) is 4.11. The Kier molecular flexibility index (Phi) is 6.99.